The van der Waals surface area contributed by atoms with Gasteiger partial charge in [0, 0.05) is 33.4 Å². The SMILES string of the molecule is CNC(=O)c1cc(S(=O)(=O)NCCCCO)cn1C. The summed E-state index contributed by atoms with van der Waals surface area (Å²) in [5.41, 5.74) is 0.276. The molecule has 1 aromatic heterocycles. The van der Waals surface area contributed by atoms with Gasteiger partial charge in [-0.25, -0.2) is 13.1 Å². The summed E-state index contributed by atoms with van der Waals surface area (Å²) >= 11 is 0. The Kier molecular flexibility index (Phi) is 5.52. The molecule has 0 aliphatic rings. The summed E-state index contributed by atoms with van der Waals surface area (Å²) in [4.78, 5) is 11.6. The molecule has 0 atom stereocenters. The zero-order valence-electron chi connectivity index (χ0n) is 11.0. The number of unbranched alkanes of at least 4 members (excludes halogenated alkanes) is 1. The van der Waals surface area contributed by atoms with E-state index in [9.17, 15) is 13.2 Å². The number of aliphatic hydroxyl groups excluding tert-OH is 1. The molecule has 7 nitrogen and oxygen atoms in total. The normalized spacial score (nSPS) is 11.5. The summed E-state index contributed by atoms with van der Waals surface area (Å²) in [6.45, 7) is 0.293. The van der Waals surface area contributed by atoms with Gasteiger partial charge in [-0.2, -0.15) is 0 Å². The van der Waals surface area contributed by atoms with E-state index in [1.807, 2.05) is 0 Å². The van der Waals surface area contributed by atoms with E-state index in [4.69, 9.17) is 5.11 Å². The number of hydrogen-bond acceptors (Lipinski definition) is 4. The monoisotopic (exact) mass is 289 g/mol. The van der Waals surface area contributed by atoms with Gasteiger partial charge in [0.2, 0.25) is 10.0 Å². The molecule has 1 rings (SSSR count). The lowest BCUT2D eigenvalue weighted by Crippen LogP contribution is -2.24. The minimum atomic E-state index is -3.62. The average Bonchev–Trinajstić information content (AvgIpc) is 2.77. The number of nitrogens with zero attached hydrogens (tertiary/aromatic N) is 1. The van der Waals surface area contributed by atoms with Crippen molar-refractivity contribution in [1.82, 2.24) is 14.6 Å². The zero-order valence-corrected chi connectivity index (χ0v) is 11.8. The van der Waals surface area contributed by atoms with Crippen molar-refractivity contribution in [3.63, 3.8) is 0 Å². The number of hydrogen-bond donors (Lipinski definition) is 3. The van der Waals surface area contributed by atoms with Crippen molar-refractivity contribution in [3.8, 4) is 0 Å². The molecule has 1 amide bonds. The molecule has 0 spiro atoms. The van der Waals surface area contributed by atoms with E-state index in [1.165, 1.54) is 23.9 Å². The van der Waals surface area contributed by atoms with Crippen LogP contribution in [0.5, 0.6) is 0 Å². The van der Waals surface area contributed by atoms with Gasteiger partial charge in [-0.15, -0.1) is 0 Å². The zero-order chi connectivity index (χ0) is 14.5. The topological polar surface area (TPSA) is 100 Å². The van der Waals surface area contributed by atoms with E-state index >= 15 is 0 Å². The standard InChI is InChI=1S/C11H19N3O4S/c1-12-11(16)10-7-9(8-14(10)2)19(17,18)13-5-3-4-6-15/h7-8,13,15H,3-6H2,1-2H3,(H,12,16). The molecule has 108 valence electrons. The summed E-state index contributed by atoms with van der Waals surface area (Å²) in [5, 5.41) is 11.1. The fraction of sp³-hybridized carbons (Fsp3) is 0.545. The highest BCUT2D eigenvalue weighted by Crippen LogP contribution is 2.13. The van der Waals surface area contributed by atoms with Crippen LogP contribution in [0.4, 0.5) is 0 Å². The molecule has 1 heterocycles. The molecule has 0 unspecified atom stereocenters. The Balaban J connectivity index is 2.82. The Morgan fingerprint density at radius 3 is 2.68 bits per heavy atom. The molecule has 0 aliphatic heterocycles. The number of carbonyl (C=O) groups is 1. The summed E-state index contributed by atoms with van der Waals surface area (Å²) in [7, 11) is -0.527. The second-order valence-electron chi connectivity index (χ2n) is 4.08. The van der Waals surface area contributed by atoms with Crippen molar-refractivity contribution >= 4 is 15.9 Å². The minimum absolute atomic E-state index is 0.0356. The molecule has 0 radical (unpaired) electrons. The Bertz CT molecular complexity index is 536. The van der Waals surface area contributed by atoms with Gasteiger partial charge >= 0.3 is 0 Å². The van der Waals surface area contributed by atoms with Crippen LogP contribution in [0.3, 0.4) is 0 Å². The summed E-state index contributed by atoms with van der Waals surface area (Å²) in [6.07, 6.45) is 2.49. The average molecular weight is 289 g/mol. The Morgan fingerprint density at radius 2 is 2.11 bits per heavy atom. The second-order valence-corrected chi connectivity index (χ2v) is 5.85. The van der Waals surface area contributed by atoms with E-state index < -0.39 is 10.0 Å². The molecular formula is C11H19N3O4S. The lowest BCUT2D eigenvalue weighted by molar-refractivity contribution is 0.0955. The maximum atomic E-state index is 12.0. The third-order valence-electron chi connectivity index (χ3n) is 2.63. The van der Waals surface area contributed by atoms with E-state index in [0.29, 0.717) is 12.8 Å². The number of aromatic nitrogens is 1. The van der Waals surface area contributed by atoms with Gasteiger partial charge in [0.05, 0.1) is 0 Å². The molecule has 3 N–H and O–H groups in total. The first-order valence-electron chi connectivity index (χ1n) is 5.91. The van der Waals surface area contributed by atoms with E-state index in [2.05, 4.69) is 10.0 Å². The van der Waals surface area contributed by atoms with Crippen LogP contribution in [0.15, 0.2) is 17.2 Å². The predicted molar refractivity (Wildman–Crippen MR) is 70.3 cm³/mol. The molecular weight excluding hydrogens is 270 g/mol. The van der Waals surface area contributed by atoms with Crippen LogP contribution in [-0.2, 0) is 17.1 Å². The third kappa shape index (κ3) is 4.05. The number of sulfonamides is 1. The van der Waals surface area contributed by atoms with Crippen molar-refractivity contribution in [2.75, 3.05) is 20.2 Å². The molecule has 19 heavy (non-hydrogen) atoms. The molecule has 1 aromatic rings. The van der Waals surface area contributed by atoms with Crippen LogP contribution >= 0.6 is 0 Å². The third-order valence-corrected chi connectivity index (χ3v) is 4.05. The molecule has 0 saturated heterocycles. The molecule has 0 saturated carbocycles. The molecule has 0 aliphatic carbocycles. The minimum Gasteiger partial charge on any atom is -0.396 e. The van der Waals surface area contributed by atoms with Gasteiger partial charge in [0.25, 0.3) is 5.91 Å². The molecule has 0 bridgehead atoms. The number of carbonyl (C=O) groups excluding carboxylic acids is 1. The Morgan fingerprint density at radius 1 is 1.42 bits per heavy atom. The summed E-state index contributed by atoms with van der Waals surface area (Å²) < 4.78 is 27.8. The van der Waals surface area contributed by atoms with Gasteiger partial charge in [-0.05, 0) is 18.9 Å². The van der Waals surface area contributed by atoms with Crippen molar-refractivity contribution in [2.45, 2.75) is 17.7 Å². The molecule has 8 heteroatoms. The van der Waals surface area contributed by atoms with Crippen LogP contribution in [0.2, 0.25) is 0 Å². The van der Waals surface area contributed by atoms with E-state index in [1.54, 1.807) is 7.05 Å². The fourth-order valence-electron chi connectivity index (χ4n) is 1.56. The lowest BCUT2D eigenvalue weighted by Gasteiger charge is -2.03. The number of aliphatic hydroxyl groups is 1. The van der Waals surface area contributed by atoms with Gasteiger partial charge in [-0.3, -0.25) is 4.79 Å². The lowest BCUT2D eigenvalue weighted by atomic mass is 10.3. The number of amides is 1. The highest BCUT2D eigenvalue weighted by Gasteiger charge is 2.19. The van der Waals surface area contributed by atoms with E-state index in [-0.39, 0.29) is 29.6 Å². The van der Waals surface area contributed by atoms with Crippen LogP contribution in [0.25, 0.3) is 0 Å². The number of nitrogens with one attached hydrogen (secondary N) is 2. The van der Waals surface area contributed by atoms with Gasteiger partial charge in [0.1, 0.15) is 10.6 Å². The van der Waals surface area contributed by atoms with Crippen LogP contribution < -0.4 is 10.0 Å². The fourth-order valence-corrected chi connectivity index (χ4v) is 2.71. The van der Waals surface area contributed by atoms with Crippen molar-refractivity contribution < 1.29 is 18.3 Å². The number of rotatable bonds is 7. The largest absolute Gasteiger partial charge is 0.396 e. The van der Waals surface area contributed by atoms with Crippen molar-refractivity contribution in [1.29, 1.82) is 0 Å². The summed E-state index contributed by atoms with van der Waals surface area (Å²) in [5.74, 6) is -0.343. The smallest absolute Gasteiger partial charge is 0.267 e. The second kappa shape index (κ2) is 6.69. The number of aryl methyl sites for hydroxylation is 1. The van der Waals surface area contributed by atoms with Gasteiger partial charge in [0.15, 0.2) is 0 Å². The van der Waals surface area contributed by atoms with Crippen molar-refractivity contribution in [3.05, 3.63) is 18.0 Å². The summed E-state index contributed by atoms with van der Waals surface area (Å²) in [6, 6.07) is 1.33. The first-order valence-corrected chi connectivity index (χ1v) is 7.39. The first kappa shape index (κ1) is 15.7. The predicted octanol–water partition coefficient (Wildman–Crippen LogP) is -0.564. The molecule has 0 fully saturated rings. The quantitative estimate of drug-likeness (QED) is 0.585. The first-order chi connectivity index (χ1) is 8.92. The van der Waals surface area contributed by atoms with Crippen LogP contribution in [0.1, 0.15) is 23.3 Å². The highest BCUT2D eigenvalue weighted by atomic mass is 32.2. The highest BCUT2D eigenvalue weighted by molar-refractivity contribution is 7.89. The maximum absolute atomic E-state index is 12.0. The maximum Gasteiger partial charge on any atom is 0.267 e. The molecule has 0 aromatic carbocycles. The Hall–Kier alpha value is -1.38. The van der Waals surface area contributed by atoms with Gasteiger partial charge < -0.3 is 15.0 Å². The van der Waals surface area contributed by atoms with Crippen LogP contribution in [0, 0.1) is 0 Å². The van der Waals surface area contributed by atoms with E-state index in [0.717, 1.165) is 0 Å². The van der Waals surface area contributed by atoms with Crippen LogP contribution in [-0.4, -0.2) is 44.2 Å². The van der Waals surface area contributed by atoms with Crippen molar-refractivity contribution in [2.24, 2.45) is 7.05 Å². The van der Waals surface area contributed by atoms with Gasteiger partial charge in [-0.1, -0.05) is 0 Å². The Labute approximate surface area is 112 Å².